The second kappa shape index (κ2) is 19.2. The zero-order chi connectivity index (χ0) is 47.1. The maximum atomic E-state index is 14.4. The van der Waals surface area contributed by atoms with E-state index in [9.17, 15) is 19.8 Å². The van der Waals surface area contributed by atoms with Gasteiger partial charge in [-0.2, -0.15) is 0 Å². The van der Waals surface area contributed by atoms with Crippen LogP contribution >= 0.6 is 11.3 Å². The molecule has 7 heterocycles. The molecule has 68 heavy (non-hydrogen) atoms. The summed E-state index contributed by atoms with van der Waals surface area (Å²) in [5.74, 6) is 1.02. The van der Waals surface area contributed by atoms with Gasteiger partial charge in [-0.05, 0) is 111 Å². The number of aromatic amines is 1. The molecule has 3 fully saturated rings. The molecule has 7 aromatic rings. The van der Waals surface area contributed by atoms with Crippen LogP contribution in [0.4, 0.5) is 5.95 Å². The first kappa shape index (κ1) is 45.3. The number of H-pyrrole nitrogens is 1. The number of aromatic nitrogens is 7. The van der Waals surface area contributed by atoms with Crippen molar-refractivity contribution in [3.63, 3.8) is 0 Å². The van der Waals surface area contributed by atoms with Crippen LogP contribution in [0.3, 0.4) is 0 Å². The van der Waals surface area contributed by atoms with Crippen LogP contribution in [0, 0.1) is 12.8 Å². The fourth-order valence-electron chi connectivity index (χ4n) is 10.7. The summed E-state index contributed by atoms with van der Waals surface area (Å²) < 4.78 is 5.96. The Kier molecular flexibility index (Phi) is 12.8. The largest absolute Gasteiger partial charge is 0.507 e. The number of rotatable bonds is 12. The van der Waals surface area contributed by atoms with Gasteiger partial charge in [-0.3, -0.25) is 9.59 Å². The smallest absolute Gasteiger partial charge is 0.243 e. The monoisotopic (exact) mass is 934 g/mol. The van der Waals surface area contributed by atoms with Crippen LogP contribution in [0.15, 0.2) is 89.3 Å². The molecule has 4 atom stereocenters. The Morgan fingerprint density at radius 2 is 1.63 bits per heavy atom. The molecule has 4 N–H and O–H groups in total. The first-order chi connectivity index (χ1) is 33.0. The summed E-state index contributed by atoms with van der Waals surface area (Å²) >= 11 is 1.60. The predicted molar refractivity (Wildman–Crippen MR) is 260 cm³/mol. The summed E-state index contributed by atoms with van der Waals surface area (Å²) in [5, 5.41) is 38.6. The van der Waals surface area contributed by atoms with Crippen molar-refractivity contribution in [3.8, 4) is 27.4 Å². The van der Waals surface area contributed by atoms with Crippen molar-refractivity contribution in [2.24, 2.45) is 5.92 Å². The number of phenolic OH excluding ortho intramolecular Hbond substituents is 1. The number of para-hydroxylation sites is 1. The molecule has 1 saturated carbocycles. The minimum absolute atomic E-state index is 0.0815. The molecule has 3 aliphatic rings. The van der Waals surface area contributed by atoms with Gasteiger partial charge in [0.15, 0.2) is 5.65 Å². The number of amides is 2. The topological polar surface area (TPSA) is 199 Å². The van der Waals surface area contributed by atoms with Crippen LogP contribution in [-0.2, 0) is 9.59 Å². The summed E-state index contributed by atoms with van der Waals surface area (Å²) in [6.07, 6.45) is 11.1. The number of hydrogen-bond donors (Lipinski definition) is 4. The number of anilines is 1. The van der Waals surface area contributed by atoms with Crippen LogP contribution in [0.2, 0.25) is 0 Å². The first-order valence-corrected chi connectivity index (χ1v) is 24.8. The molecular weight excluding hydrogens is 877 g/mol. The molecule has 0 spiro atoms. The summed E-state index contributed by atoms with van der Waals surface area (Å²) in [6, 6.07) is 18.2. The van der Waals surface area contributed by atoms with E-state index in [1.165, 1.54) is 10.5 Å². The van der Waals surface area contributed by atoms with Gasteiger partial charge in [-0.1, -0.05) is 55.4 Å². The lowest BCUT2D eigenvalue weighted by molar-refractivity contribution is -0.141. The second-order valence-electron chi connectivity index (χ2n) is 19.3. The molecule has 15 nitrogen and oxygen atoms in total. The number of thiazole rings is 1. The second-order valence-corrected chi connectivity index (χ2v) is 20.1. The van der Waals surface area contributed by atoms with Gasteiger partial charge in [0.2, 0.25) is 17.8 Å². The highest BCUT2D eigenvalue weighted by atomic mass is 32.1. The lowest BCUT2D eigenvalue weighted by atomic mass is 9.78. The van der Waals surface area contributed by atoms with Gasteiger partial charge < -0.3 is 34.8 Å². The highest BCUT2D eigenvalue weighted by Crippen LogP contribution is 2.42. The van der Waals surface area contributed by atoms with Crippen LogP contribution in [-0.4, -0.2) is 94.0 Å². The van der Waals surface area contributed by atoms with Crippen LogP contribution in [0.1, 0.15) is 129 Å². The van der Waals surface area contributed by atoms with Crippen molar-refractivity contribution in [1.29, 1.82) is 0 Å². The number of aliphatic hydroxyl groups is 1. The number of β-amino-alcohol motifs (C(OH)–C–C–N with tert-alkyl or cyclic N) is 1. The van der Waals surface area contributed by atoms with Crippen molar-refractivity contribution < 1.29 is 24.3 Å². The fourth-order valence-corrected chi connectivity index (χ4v) is 11.5. The molecule has 2 aromatic carbocycles. The Hall–Kier alpha value is -6.52. The summed E-state index contributed by atoms with van der Waals surface area (Å²) in [5.41, 5.74) is 10.1. The van der Waals surface area contributed by atoms with Gasteiger partial charge in [0, 0.05) is 67.6 Å². The van der Waals surface area contributed by atoms with Crippen molar-refractivity contribution in [2.75, 3.05) is 24.5 Å². The van der Waals surface area contributed by atoms with Gasteiger partial charge >= 0.3 is 0 Å². The number of phenols is 1. The quantitative estimate of drug-likeness (QED) is 0.0909. The number of benzene rings is 2. The number of aromatic hydroxyl groups is 1. The number of carbonyl (C=O) groups excluding carboxylic acids is 2. The van der Waals surface area contributed by atoms with Gasteiger partial charge in [-0.15, -0.1) is 21.5 Å². The van der Waals surface area contributed by atoms with Crippen molar-refractivity contribution >= 4 is 40.1 Å². The summed E-state index contributed by atoms with van der Waals surface area (Å²) in [6.45, 7) is 9.64. The SMILES string of the molecule is Cc1ncsc1-c1ccc([C@H](C)NC(=O)[C@@H]2C[C@@H](O)CN2C(=O)[C@@H](c2cc(C3CCC(c4cnc(N5CCC(c6c[nH]c7nnc(-c8ccccc8O)cc67)CC5)nc4)CC3)no2)C(C)C)cc1. The molecule has 2 saturated heterocycles. The molecule has 0 unspecified atom stereocenters. The van der Waals surface area contributed by atoms with Crippen LogP contribution in [0.5, 0.6) is 5.75 Å². The number of fused-ring (bicyclic) bond motifs is 1. The number of hydrogen-bond acceptors (Lipinski definition) is 13. The zero-order valence-corrected chi connectivity index (χ0v) is 39.7. The Bertz CT molecular complexity index is 2880. The van der Waals surface area contributed by atoms with E-state index in [-0.39, 0.29) is 48.4 Å². The fraction of sp³-hybridized carbons (Fsp3) is 0.423. The van der Waals surface area contributed by atoms with E-state index in [2.05, 4.69) is 35.5 Å². The third kappa shape index (κ3) is 9.10. The van der Waals surface area contributed by atoms with Gasteiger partial charge in [0.05, 0.1) is 39.6 Å². The van der Waals surface area contributed by atoms with E-state index < -0.39 is 18.1 Å². The first-order valence-electron chi connectivity index (χ1n) is 23.9. The number of likely N-dealkylation sites (tertiary alicyclic amines) is 1. The molecule has 2 aliphatic heterocycles. The van der Waals surface area contributed by atoms with E-state index >= 15 is 0 Å². The number of nitrogens with one attached hydrogen (secondary N) is 2. The highest BCUT2D eigenvalue weighted by Gasteiger charge is 2.44. The maximum absolute atomic E-state index is 14.4. The van der Waals surface area contributed by atoms with E-state index in [1.807, 2.05) is 100 Å². The molecule has 0 radical (unpaired) electrons. The molecule has 5 aromatic heterocycles. The Morgan fingerprint density at radius 1 is 0.897 bits per heavy atom. The van der Waals surface area contributed by atoms with E-state index in [0.717, 1.165) is 102 Å². The van der Waals surface area contributed by atoms with Gasteiger partial charge in [0.25, 0.3) is 0 Å². The Labute approximate surface area is 399 Å². The number of carbonyl (C=O) groups is 2. The Balaban J connectivity index is 0.726. The van der Waals surface area contributed by atoms with E-state index in [4.69, 9.17) is 14.5 Å². The summed E-state index contributed by atoms with van der Waals surface area (Å²) in [4.78, 5) is 50.5. The molecule has 2 amide bonds. The molecule has 10 rings (SSSR count). The maximum Gasteiger partial charge on any atom is 0.243 e. The van der Waals surface area contributed by atoms with E-state index in [0.29, 0.717) is 28.9 Å². The standard InChI is InChI=1S/C52H58N10O5S/c1-29(2)47(51(66)62-27-38(63)21-44(62)50(65)57-30(3)32-9-15-36(16-10-32)48-31(4)56-28-68-48)46-23-42(60-67-46)35-13-11-33(12-14-35)37-24-54-52(55-25-37)61-19-17-34(18-20-61)41-26-53-49-40(41)22-43(58-59-49)39-7-5-6-8-45(39)64/h5-10,15-16,22-26,28-30,33-35,38,44,47,63-64H,11-14,17-21,27H2,1-4H3,(H,53,59)(H,57,65)/t30-,33?,35?,38+,44-,47+/m0/s1. The van der Waals surface area contributed by atoms with Crippen LogP contribution in [0.25, 0.3) is 32.7 Å². The lowest BCUT2D eigenvalue weighted by Gasteiger charge is -2.32. The molecular formula is C52H58N10O5S. The van der Waals surface area contributed by atoms with Crippen molar-refractivity contribution in [3.05, 3.63) is 119 Å². The number of aliphatic hydroxyl groups excluding tert-OH is 1. The van der Waals surface area contributed by atoms with Crippen molar-refractivity contribution in [1.82, 2.24) is 45.5 Å². The molecule has 1 aliphatic carbocycles. The Morgan fingerprint density at radius 3 is 2.34 bits per heavy atom. The molecule has 0 bridgehead atoms. The average molecular weight is 935 g/mol. The lowest BCUT2D eigenvalue weighted by Crippen LogP contribution is -2.48. The normalized spacial score (nSPS) is 21.1. The number of aryl methyl sites for hydroxylation is 1. The summed E-state index contributed by atoms with van der Waals surface area (Å²) in [7, 11) is 0. The molecule has 16 heteroatoms. The third-order valence-corrected chi connectivity index (χ3v) is 15.5. The minimum atomic E-state index is -0.805. The molecule has 352 valence electrons. The zero-order valence-electron chi connectivity index (χ0n) is 38.9. The van der Waals surface area contributed by atoms with Gasteiger partial charge in [-0.25, -0.2) is 15.0 Å². The van der Waals surface area contributed by atoms with Gasteiger partial charge in [0.1, 0.15) is 23.5 Å². The third-order valence-electron chi connectivity index (χ3n) is 14.6. The van der Waals surface area contributed by atoms with E-state index in [1.54, 1.807) is 23.5 Å². The number of nitrogens with zero attached hydrogens (tertiary/aromatic N) is 8. The van der Waals surface area contributed by atoms with Crippen LogP contribution < -0.4 is 10.2 Å². The predicted octanol–water partition coefficient (Wildman–Crippen LogP) is 8.94. The average Bonchev–Trinajstić information content (AvgIpc) is 4.19. The van der Waals surface area contributed by atoms with Crippen molar-refractivity contribution in [2.45, 2.75) is 114 Å². The minimum Gasteiger partial charge on any atom is -0.507 e. The highest BCUT2D eigenvalue weighted by molar-refractivity contribution is 7.13. The number of piperidine rings is 1.